The standard InChI is InChI=1S/C15H16FNO3S/c1-9(17-15(18)14-5-4-6-21-14)10-7-12(19-2)13(20-3)8-11(10)16/h4-9H,1-3H3,(H,17,18). The highest BCUT2D eigenvalue weighted by Crippen LogP contribution is 2.32. The number of hydrogen-bond acceptors (Lipinski definition) is 4. The molecule has 1 heterocycles. The summed E-state index contributed by atoms with van der Waals surface area (Å²) in [7, 11) is 2.92. The number of benzene rings is 1. The number of hydrogen-bond donors (Lipinski definition) is 1. The van der Waals surface area contributed by atoms with Gasteiger partial charge in [-0.2, -0.15) is 0 Å². The molecule has 1 aromatic heterocycles. The van der Waals surface area contributed by atoms with E-state index < -0.39 is 11.9 Å². The maximum atomic E-state index is 14.1. The zero-order chi connectivity index (χ0) is 15.4. The third-order valence-corrected chi connectivity index (χ3v) is 3.93. The summed E-state index contributed by atoms with van der Waals surface area (Å²) in [5.74, 6) is 0.0555. The molecule has 0 spiro atoms. The molecule has 0 fully saturated rings. The van der Waals surface area contributed by atoms with Crippen LogP contribution in [0.5, 0.6) is 11.5 Å². The van der Waals surface area contributed by atoms with Crippen molar-refractivity contribution < 1.29 is 18.7 Å². The highest BCUT2D eigenvalue weighted by Gasteiger charge is 2.18. The lowest BCUT2D eigenvalue weighted by atomic mass is 10.1. The van der Waals surface area contributed by atoms with Crippen molar-refractivity contribution in [2.24, 2.45) is 0 Å². The van der Waals surface area contributed by atoms with Gasteiger partial charge in [-0.3, -0.25) is 4.79 Å². The minimum absolute atomic E-state index is 0.230. The van der Waals surface area contributed by atoms with Crippen LogP contribution in [0.25, 0.3) is 0 Å². The summed E-state index contributed by atoms with van der Waals surface area (Å²) in [4.78, 5) is 12.6. The van der Waals surface area contributed by atoms with E-state index in [1.165, 1.54) is 37.7 Å². The summed E-state index contributed by atoms with van der Waals surface area (Å²) in [5.41, 5.74) is 0.345. The van der Waals surface area contributed by atoms with E-state index in [0.717, 1.165) is 0 Å². The molecule has 0 saturated heterocycles. The van der Waals surface area contributed by atoms with Gasteiger partial charge in [-0.05, 0) is 24.4 Å². The molecule has 1 aromatic carbocycles. The number of ether oxygens (including phenoxy) is 2. The number of carbonyl (C=O) groups excluding carboxylic acids is 1. The van der Waals surface area contributed by atoms with Gasteiger partial charge in [-0.25, -0.2) is 4.39 Å². The second kappa shape index (κ2) is 6.58. The highest BCUT2D eigenvalue weighted by molar-refractivity contribution is 7.12. The molecule has 1 N–H and O–H groups in total. The fourth-order valence-corrected chi connectivity index (χ4v) is 2.58. The van der Waals surface area contributed by atoms with Gasteiger partial charge in [0.05, 0.1) is 25.1 Å². The van der Waals surface area contributed by atoms with Crippen LogP contribution in [0.15, 0.2) is 29.6 Å². The van der Waals surface area contributed by atoms with E-state index in [-0.39, 0.29) is 5.91 Å². The monoisotopic (exact) mass is 309 g/mol. The topological polar surface area (TPSA) is 47.6 Å². The molecule has 0 aliphatic carbocycles. The Labute approximate surface area is 126 Å². The molecule has 2 aromatic rings. The molecular weight excluding hydrogens is 293 g/mol. The summed E-state index contributed by atoms with van der Waals surface area (Å²) in [6, 6.07) is 5.81. The van der Waals surface area contributed by atoms with Crippen molar-refractivity contribution in [3.8, 4) is 11.5 Å². The summed E-state index contributed by atoms with van der Waals surface area (Å²) in [5, 5.41) is 4.58. The molecule has 112 valence electrons. The van der Waals surface area contributed by atoms with Gasteiger partial charge >= 0.3 is 0 Å². The van der Waals surface area contributed by atoms with Gasteiger partial charge in [0.15, 0.2) is 11.5 Å². The molecule has 2 rings (SSSR count). The van der Waals surface area contributed by atoms with Crippen LogP contribution in [0.3, 0.4) is 0 Å². The molecule has 4 nitrogen and oxygen atoms in total. The van der Waals surface area contributed by atoms with E-state index in [0.29, 0.717) is 21.9 Å². The zero-order valence-electron chi connectivity index (χ0n) is 12.0. The fraction of sp³-hybridized carbons (Fsp3) is 0.267. The number of methoxy groups -OCH3 is 2. The van der Waals surface area contributed by atoms with Crippen molar-refractivity contribution in [1.82, 2.24) is 5.32 Å². The van der Waals surface area contributed by atoms with E-state index in [1.807, 2.05) is 5.38 Å². The smallest absolute Gasteiger partial charge is 0.261 e. The number of amides is 1. The number of halogens is 1. The van der Waals surface area contributed by atoms with Crippen molar-refractivity contribution in [2.45, 2.75) is 13.0 Å². The molecule has 1 atom stereocenters. The lowest BCUT2D eigenvalue weighted by Gasteiger charge is -2.17. The first-order valence-electron chi connectivity index (χ1n) is 6.32. The fourth-order valence-electron chi connectivity index (χ4n) is 1.96. The minimum Gasteiger partial charge on any atom is -0.493 e. The summed E-state index contributed by atoms with van der Waals surface area (Å²) in [6.07, 6.45) is 0. The summed E-state index contributed by atoms with van der Waals surface area (Å²) >= 11 is 1.34. The van der Waals surface area contributed by atoms with E-state index in [1.54, 1.807) is 19.1 Å². The average Bonchev–Trinajstić information content (AvgIpc) is 3.00. The Kier molecular flexibility index (Phi) is 4.80. The first-order chi connectivity index (χ1) is 10.1. The molecule has 0 radical (unpaired) electrons. The molecule has 0 saturated carbocycles. The van der Waals surface area contributed by atoms with Crippen LogP contribution in [0, 0.1) is 5.82 Å². The van der Waals surface area contributed by atoms with Crippen molar-refractivity contribution in [2.75, 3.05) is 14.2 Å². The largest absolute Gasteiger partial charge is 0.493 e. The first-order valence-corrected chi connectivity index (χ1v) is 7.20. The van der Waals surface area contributed by atoms with Gasteiger partial charge < -0.3 is 14.8 Å². The second-order valence-corrected chi connectivity index (χ2v) is 5.35. The van der Waals surface area contributed by atoms with Crippen molar-refractivity contribution >= 4 is 17.2 Å². The Morgan fingerprint density at radius 2 is 1.95 bits per heavy atom. The molecule has 1 amide bonds. The summed E-state index contributed by atoms with van der Waals surface area (Å²) in [6.45, 7) is 1.72. The third kappa shape index (κ3) is 3.33. The van der Waals surface area contributed by atoms with E-state index in [4.69, 9.17) is 9.47 Å². The lowest BCUT2D eigenvalue weighted by molar-refractivity contribution is 0.0943. The van der Waals surface area contributed by atoms with E-state index in [9.17, 15) is 9.18 Å². The quantitative estimate of drug-likeness (QED) is 0.921. The molecule has 1 unspecified atom stereocenters. The van der Waals surface area contributed by atoms with Gasteiger partial charge in [-0.1, -0.05) is 6.07 Å². The maximum absolute atomic E-state index is 14.1. The van der Waals surface area contributed by atoms with Crippen molar-refractivity contribution in [3.05, 3.63) is 45.9 Å². The van der Waals surface area contributed by atoms with E-state index in [2.05, 4.69) is 5.32 Å². The minimum atomic E-state index is -0.487. The predicted octanol–water partition coefficient (Wildman–Crippen LogP) is 3.40. The number of carbonyl (C=O) groups is 1. The van der Waals surface area contributed by atoms with Crippen LogP contribution < -0.4 is 14.8 Å². The average molecular weight is 309 g/mol. The van der Waals surface area contributed by atoms with Crippen molar-refractivity contribution in [3.63, 3.8) is 0 Å². The van der Waals surface area contributed by atoms with Gasteiger partial charge in [-0.15, -0.1) is 11.3 Å². The Balaban J connectivity index is 2.22. The number of thiophene rings is 1. The molecule has 0 aliphatic rings. The van der Waals surface area contributed by atoms with Crippen LogP contribution in [0.2, 0.25) is 0 Å². The Morgan fingerprint density at radius 1 is 1.29 bits per heavy atom. The van der Waals surface area contributed by atoms with Gasteiger partial charge in [0.1, 0.15) is 5.82 Å². The number of nitrogens with one attached hydrogen (secondary N) is 1. The van der Waals surface area contributed by atoms with Crippen molar-refractivity contribution in [1.29, 1.82) is 0 Å². The summed E-state index contributed by atoms with van der Waals surface area (Å²) < 4.78 is 24.3. The Hall–Kier alpha value is -2.08. The predicted molar refractivity (Wildman–Crippen MR) is 79.7 cm³/mol. The molecule has 0 aliphatic heterocycles. The van der Waals surface area contributed by atoms with Crippen LogP contribution in [-0.2, 0) is 0 Å². The maximum Gasteiger partial charge on any atom is 0.261 e. The highest BCUT2D eigenvalue weighted by atomic mass is 32.1. The zero-order valence-corrected chi connectivity index (χ0v) is 12.8. The Bertz CT molecular complexity index is 628. The number of rotatable bonds is 5. The van der Waals surface area contributed by atoms with Gasteiger partial charge in [0.2, 0.25) is 0 Å². The third-order valence-electron chi connectivity index (χ3n) is 3.06. The first kappa shape index (κ1) is 15.3. The van der Waals surface area contributed by atoms with Crippen LogP contribution in [-0.4, -0.2) is 20.1 Å². The van der Waals surface area contributed by atoms with Gasteiger partial charge in [0.25, 0.3) is 5.91 Å². The van der Waals surface area contributed by atoms with Gasteiger partial charge in [0, 0.05) is 11.6 Å². The van der Waals surface area contributed by atoms with Crippen LogP contribution in [0.4, 0.5) is 4.39 Å². The van der Waals surface area contributed by atoms with E-state index >= 15 is 0 Å². The molecule has 21 heavy (non-hydrogen) atoms. The van der Waals surface area contributed by atoms with Crippen LogP contribution >= 0.6 is 11.3 Å². The Morgan fingerprint density at radius 3 is 2.52 bits per heavy atom. The molecular formula is C15H16FNO3S. The SMILES string of the molecule is COc1cc(F)c(C(C)NC(=O)c2cccs2)cc1OC. The second-order valence-electron chi connectivity index (χ2n) is 4.40. The van der Waals surface area contributed by atoms with Crippen LogP contribution in [0.1, 0.15) is 28.2 Å². The molecule has 0 bridgehead atoms. The molecule has 6 heteroatoms. The normalized spacial score (nSPS) is 11.8. The lowest BCUT2D eigenvalue weighted by Crippen LogP contribution is -2.26.